The quantitative estimate of drug-likeness (QED) is 0.846. The number of hydrogen-bond donors (Lipinski definition) is 2. The Balaban J connectivity index is 2.34. The van der Waals surface area contributed by atoms with E-state index >= 15 is 0 Å². The van der Waals surface area contributed by atoms with Crippen LogP contribution in [0.25, 0.3) is 0 Å². The number of ether oxygens (including phenoxy) is 1. The second kappa shape index (κ2) is 7.25. The van der Waals surface area contributed by atoms with Crippen molar-refractivity contribution in [3.05, 3.63) is 33.3 Å². The average Bonchev–Trinajstić information content (AvgIpc) is 2.24. The molecule has 0 aliphatic carbocycles. The maximum absolute atomic E-state index is 9.40. The Morgan fingerprint density at radius 1 is 1.56 bits per heavy atom. The molecule has 0 saturated heterocycles. The van der Waals surface area contributed by atoms with Gasteiger partial charge in [-0.05, 0) is 33.6 Å². The maximum Gasteiger partial charge on any atom is 0.0897 e. The van der Waals surface area contributed by atoms with Gasteiger partial charge in [0.15, 0.2) is 0 Å². The van der Waals surface area contributed by atoms with Crippen molar-refractivity contribution in [1.29, 1.82) is 0 Å². The fourth-order valence-electron chi connectivity index (χ4n) is 1.28. The highest BCUT2D eigenvalue weighted by atomic mass is 79.9. The first-order valence-corrected chi connectivity index (χ1v) is 6.12. The van der Waals surface area contributed by atoms with Crippen LogP contribution in [0.4, 0.5) is 0 Å². The molecule has 16 heavy (non-hydrogen) atoms. The monoisotopic (exact) mass is 307 g/mol. The molecule has 0 aliphatic heterocycles. The molecule has 0 amide bonds. The van der Waals surface area contributed by atoms with Gasteiger partial charge in [0, 0.05) is 24.7 Å². The third-order valence-electron chi connectivity index (χ3n) is 2.05. The van der Waals surface area contributed by atoms with Crippen molar-refractivity contribution in [1.82, 2.24) is 5.32 Å². The predicted molar refractivity (Wildman–Crippen MR) is 68.7 cm³/mol. The largest absolute Gasteiger partial charge is 0.389 e. The summed E-state index contributed by atoms with van der Waals surface area (Å²) in [5, 5.41) is 13.2. The zero-order chi connectivity index (χ0) is 12.0. The van der Waals surface area contributed by atoms with Gasteiger partial charge in [0.2, 0.25) is 0 Å². The van der Waals surface area contributed by atoms with Crippen LogP contribution in [0.2, 0.25) is 5.02 Å². The van der Waals surface area contributed by atoms with Crippen molar-refractivity contribution in [2.75, 3.05) is 20.3 Å². The minimum Gasteiger partial charge on any atom is -0.389 e. The molecule has 1 atom stereocenters. The molecule has 0 aromatic heterocycles. The predicted octanol–water partition coefficient (Wildman–Crippen LogP) is 2.20. The Morgan fingerprint density at radius 3 is 2.94 bits per heavy atom. The molecule has 0 fully saturated rings. The SMILES string of the molecule is COCC(O)CNCc1ccc(Br)c(Cl)c1. The summed E-state index contributed by atoms with van der Waals surface area (Å²) in [6, 6.07) is 5.78. The Bertz CT molecular complexity index is 336. The maximum atomic E-state index is 9.40. The van der Waals surface area contributed by atoms with Crippen LogP contribution < -0.4 is 5.32 Å². The van der Waals surface area contributed by atoms with Gasteiger partial charge >= 0.3 is 0 Å². The minimum atomic E-state index is -0.476. The molecule has 1 unspecified atom stereocenters. The highest BCUT2D eigenvalue weighted by molar-refractivity contribution is 9.10. The van der Waals surface area contributed by atoms with Gasteiger partial charge in [-0.25, -0.2) is 0 Å². The molecule has 0 bridgehead atoms. The number of hydrogen-bond acceptors (Lipinski definition) is 3. The molecule has 0 heterocycles. The fraction of sp³-hybridized carbons (Fsp3) is 0.455. The highest BCUT2D eigenvalue weighted by Gasteiger charge is 2.03. The van der Waals surface area contributed by atoms with E-state index in [1.54, 1.807) is 7.11 Å². The van der Waals surface area contributed by atoms with Crippen molar-refractivity contribution < 1.29 is 9.84 Å². The summed E-state index contributed by atoms with van der Waals surface area (Å²) in [6.07, 6.45) is -0.476. The summed E-state index contributed by atoms with van der Waals surface area (Å²) < 4.78 is 5.71. The van der Waals surface area contributed by atoms with E-state index in [1.165, 1.54) is 0 Å². The number of halogens is 2. The molecule has 2 N–H and O–H groups in total. The molecule has 1 rings (SSSR count). The Labute approximate surface area is 109 Å². The van der Waals surface area contributed by atoms with E-state index in [0.717, 1.165) is 10.0 Å². The van der Waals surface area contributed by atoms with Gasteiger partial charge in [-0.3, -0.25) is 0 Å². The summed E-state index contributed by atoms with van der Waals surface area (Å²) >= 11 is 9.29. The van der Waals surface area contributed by atoms with Crippen LogP contribution in [0.5, 0.6) is 0 Å². The van der Waals surface area contributed by atoms with Crippen LogP contribution >= 0.6 is 27.5 Å². The van der Waals surface area contributed by atoms with Crippen molar-refractivity contribution >= 4 is 27.5 Å². The lowest BCUT2D eigenvalue weighted by atomic mass is 10.2. The molecule has 0 radical (unpaired) electrons. The third kappa shape index (κ3) is 4.80. The van der Waals surface area contributed by atoms with E-state index in [4.69, 9.17) is 16.3 Å². The average molecular weight is 309 g/mol. The van der Waals surface area contributed by atoms with Crippen LogP contribution in [0.1, 0.15) is 5.56 Å². The summed E-state index contributed by atoms with van der Waals surface area (Å²) in [5.74, 6) is 0. The molecule has 0 spiro atoms. The van der Waals surface area contributed by atoms with Crippen LogP contribution in [0.15, 0.2) is 22.7 Å². The van der Waals surface area contributed by atoms with E-state index in [1.807, 2.05) is 18.2 Å². The Morgan fingerprint density at radius 2 is 2.31 bits per heavy atom. The van der Waals surface area contributed by atoms with Gasteiger partial charge in [0.1, 0.15) is 0 Å². The minimum absolute atomic E-state index is 0.341. The summed E-state index contributed by atoms with van der Waals surface area (Å²) in [5.41, 5.74) is 1.08. The molecule has 5 heteroatoms. The van der Waals surface area contributed by atoms with Crippen LogP contribution in [0.3, 0.4) is 0 Å². The molecular weight excluding hydrogens is 293 g/mol. The third-order valence-corrected chi connectivity index (χ3v) is 3.28. The number of methoxy groups -OCH3 is 1. The lowest BCUT2D eigenvalue weighted by Gasteiger charge is -2.11. The zero-order valence-electron chi connectivity index (χ0n) is 9.04. The molecular formula is C11H15BrClNO2. The van der Waals surface area contributed by atoms with Crippen LogP contribution in [-0.4, -0.2) is 31.5 Å². The van der Waals surface area contributed by atoms with Gasteiger partial charge in [0.25, 0.3) is 0 Å². The van der Waals surface area contributed by atoms with Crippen molar-refractivity contribution in [3.63, 3.8) is 0 Å². The van der Waals surface area contributed by atoms with Crippen molar-refractivity contribution in [2.24, 2.45) is 0 Å². The topological polar surface area (TPSA) is 41.5 Å². The lowest BCUT2D eigenvalue weighted by molar-refractivity contribution is 0.0644. The number of aliphatic hydroxyl groups excluding tert-OH is 1. The molecule has 1 aromatic rings. The van der Waals surface area contributed by atoms with E-state index in [0.29, 0.717) is 24.7 Å². The number of aliphatic hydroxyl groups is 1. The van der Waals surface area contributed by atoms with Gasteiger partial charge < -0.3 is 15.2 Å². The second-order valence-corrected chi connectivity index (χ2v) is 4.75. The lowest BCUT2D eigenvalue weighted by Crippen LogP contribution is -2.29. The van der Waals surface area contributed by atoms with E-state index in [9.17, 15) is 5.11 Å². The van der Waals surface area contributed by atoms with Crippen LogP contribution in [0, 0.1) is 0 Å². The number of nitrogens with one attached hydrogen (secondary N) is 1. The Hall–Kier alpha value is -0.130. The van der Waals surface area contributed by atoms with Gasteiger partial charge in [0.05, 0.1) is 17.7 Å². The van der Waals surface area contributed by atoms with Crippen molar-refractivity contribution in [2.45, 2.75) is 12.6 Å². The number of benzene rings is 1. The van der Waals surface area contributed by atoms with Gasteiger partial charge in [-0.2, -0.15) is 0 Å². The molecule has 1 aromatic carbocycles. The molecule has 3 nitrogen and oxygen atoms in total. The standard InChI is InChI=1S/C11H15BrClNO2/c1-16-7-9(15)6-14-5-8-2-3-10(12)11(13)4-8/h2-4,9,14-15H,5-7H2,1H3. The van der Waals surface area contributed by atoms with E-state index in [-0.39, 0.29) is 0 Å². The molecule has 0 aliphatic rings. The first-order chi connectivity index (χ1) is 7.63. The smallest absolute Gasteiger partial charge is 0.0897 e. The van der Waals surface area contributed by atoms with Crippen LogP contribution in [-0.2, 0) is 11.3 Å². The van der Waals surface area contributed by atoms with E-state index in [2.05, 4.69) is 21.2 Å². The number of rotatable bonds is 6. The molecule has 90 valence electrons. The zero-order valence-corrected chi connectivity index (χ0v) is 11.4. The fourth-order valence-corrected chi connectivity index (χ4v) is 1.73. The summed E-state index contributed by atoms with van der Waals surface area (Å²) in [7, 11) is 1.57. The first-order valence-electron chi connectivity index (χ1n) is 4.95. The van der Waals surface area contributed by atoms with Gasteiger partial charge in [-0.1, -0.05) is 17.7 Å². The molecule has 0 saturated carbocycles. The normalized spacial score (nSPS) is 12.8. The highest BCUT2D eigenvalue weighted by Crippen LogP contribution is 2.22. The summed E-state index contributed by atoms with van der Waals surface area (Å²) in [4.78, 5) is 0. The second-order valence-electron chi connectivity index (χ2n) is 3.49. The van der Waals surface area contributed by atoms with E-state index < -0.39 is 6.10 Å². The Kier molecular flexibility index (Phi) is 6.31. The summed E-state index contributed by atoms with van der Waals surface area (Å²) in [6.45, 7) is 1.52. The van der Waals surface area contributed by atoms with Crippen molar-refractivity contribution in [3.8, 4) is 0 Å². The van der Waals surface area contributed by atoms with Gasteiger partial charge in [-0.15, -0.1) is 0 Å². The first kappa shape index (κ1) is 13.9.